The van der Waals surface area contributed by atoms with Crippen LogP contribution in [-0.2, 0) is 17.9 Å². The number of thioether (sulfide) groups is 1. The lowest BCUT2D eigenvalue weighted by atomic mass is 10.1. The molecule has 0 unspecified atom stereocenters. The average molecular weight is 577 g/mol. The summed E-state index contributed by atoms with van der Waals surface area (Å²) in [7, 11) is 0. The lowest BCUT2D eigenvalue weighted by Crippen LogP contribution is -2.14. The summed E-state index contributed by atoms with van der Waals surface area (Å²) in [4.78, 5) is 17.1. The number of carbonyl (C=O) groups excluding carboxylic acids is 1. The number of thiazole rings is 1. The standard InChI is InChI=1S/C25H30BrN5O2S2/c1-3-4-5-6-7-8-13-31-23(15-33-20-11-9-19(26)10-12-20)29-30-25(31)35-17-22(32)21(14-27)24-28-18(2)16-34-24/h9-12,16,21H,3-8,13,15,17H2,1-2H3/t21-/m1/s1. The summed E-state index contributed by atoms with van der Waals surface area (Å²) in [6, 6.07) is 9.76. The van der Waals surface area contributed by atoms with E-state index in [1.807, 2.05) is 41.1 Å². The van der Waals surface area contributed by atoms with Crippen LogP contribution in [0.4, 0.5) is 0 Å². The van der Waals surface area contributed by atoms with Gasteiger partial charge in [-0.15, -0.1) is 21.5 Å². The fraction of sp³-hybridized carbons (Fsp3) is 0.480. The Bertz CT molecular complexity index is 1120. The molecule has 0 saturated carbocycles. The van der Waals surface area contributed by atoms with E-state index in [0.717, 1.165) is 41.1 Å². The van der Waals surface area contributed by atoms with Crippen LogP contribution in [-0.4, -0.2) is 31.3 Å². The molecule has 7 nitrogen and oxygen atoms in total. The van der Waals surface area contributed by atoms with Crippen LogP contribution in [0.2, 0.25) is 0 Å². The first-order valence-corrected chi connectivity index (χ1v) is 14.4. The quantitative estimate of drug-likeness (QED) is 0.147. The Labute approximate surface area is 223 Å². The topological polar surface area (TPSA) is 93.7 Å². The smallest absolute Gasteiger partial charge is 0.191 e. The van der Waals surface area contributed by atoms with E-state index >= 15 is 0 Å². The number of Topliss-reactive ketones (excluding diaryl/α,β-unsaturated/α-hetero) is 1. The zero-order valence-electron chi connectivity index (χ0n) is 20.1. The lowest BCUT2D eigenvalue weighted by Gasteiger charge is -2.11. The largest absolute Gasteiger partial charge is 0.486 e. The molecular weight excluding hydrogens is 546 g/mol. The van der Waals surface area contributed by atoms with Gasteiger partial charge in [0.2, 0.25) is 0 Å². The van der Waals surface area contributed by atoms with Crippen LogP contribution in [0.5, 0.6) is 5.75 Å². The minimum atomic E-state index is -0.851. The third-order valence-corrected chi connectivity index (χ3v) is 7.93. The normalized spacial score (nSPS) is 11.8. The SMILES string of the molecule is CCCCCCCCn1c(COc2ccc(Br)cc2)nnc1SCC(=O)[C@@H](C#N)c1nc(C)cs1. The van der Waals surface area contributed by atoms with E-state index < -0.39 is 5.92 Å². The Balaban J connectivity index is 1.65. The van der Waals surface area contributed by atoms with Gasteiger partial charge < -0.3 is 9.30 Å². The van der Waals surface area contributed by atoms with Crippen LogP contribution in [0, 0.1) is 18.3 Å². The van der Waals surface area contributed by atoms with Gasteiger partial charge in [-0.3, -0.25) is 4.79 Å². The van der Waals surface area contributed by atoms with Gasteiger partial charge in [-0.05, 0) is 37.6 Å². The van der Waals surface area contributed by atoms with Crippen molar-refractivity contribution in [3.8, 4) is 11.8 Å². The second-order valence-corrected chi connectivity index (χ2v) is 11.0. The molecule has 0 amide bonds. The maximum absolute atomic E-state index is 12.8. The van der Waals surface area contributed by atoms with Crippen molar-refractivity contribution in [2.24, 2.45) is 0 Å². The highest BCUT2D eigenvalue weighted by atomic mass is 79.9. The highest BCUT2D eigenvalue weighted by Gasteiger charge is 2.24. The number of hydrogen-bond donors (Lipinski definition) is 0. The summed E-state index contributed by atoms with van der Waals surface area (Å²) in [6.45, 7) is 5.13. The monoisotopic (exact) mass is 575 g/mol. The van der Waals surface area contributed by atoms with Crippen LogP contribution in [0.3, 0.4) is 0 Å². The summed E-state index contributed by atoms with van der Waals surface area (Å²) in [6.07, 6.45) is 7.09. The van der Waals surface area contributed by atoms with Crippen molar-refractivity contribution in [3.05, 3.63) is 50.6 Å². The molecule has 0 spiro atoms. The molecule has 2 aromatic heterocycles. The van der Waals surface area contributed by atoms with Gasteiger partial charge in [-0.2, -0.15) is 5.26 Å². The number of nitrogens with zero attached hydrogens (tertiary/aromatic N) is 5. The van der Waals surface area contributed by atoms with Crippen LogP contribution >= 0.6 is 39.0 Å². The summed E-state index contributed by atoms with van der Waals surface area (Å²) >= 11 is 6.10. The maximum atomic E-state index is 12.8. The highest BCUT2D eigenvalue weighted by molar-refractivity contribution is 9.10. The highest BCUT2D eigenvalue weighted by Crippen LogP contribution is 2.26. The Hall–Kier alpha value is -2.22. The molecule has 10 heteroatoms. The third-order valence-electron chi connectivity index (χ3n) is 5.39. The van der Waals surface area contributed by atoms with Crippen LogP contribution in [0.1, 0.15) is 67.9 Å². The van der Waals surface area contributed by atoms with Crippen molar-refractivity contribution >= 4 is 44.8 Å². The second kappa shape index (κ2) is 14.4. The average Bonchev–Trinajstić information content (AvgIpc) is 3.45. The van der Waals surface area contributed by atoms with Crippen molar-refractivity contribution in [1.82, 2.24) is 19.7 Å². The molecule has 186 valence electrons. The number of halogens is 1. The van der Waals surface area contributed by atoms with Crippen molar-refractivity contribution < 1.29 is 9.53 Å². The fourth-order valence-corrected chi connectivity index (χ4v) is 5.49. The molecular formula is C25H30BrN5O2S2. The molecule has 0 aliphatic rings. The first-order valence-electron chi connectivity index (χ1n) is 11.8. The predicted octanol–water partition coefficient (Wildman–Crippen LogP) is 6.71. The van der Waals surface area contributed by atoms with Crippen LogP contribution in [0.15, 0.2) is 39.3 Å². The van der Waals surface area contributed by atoms with Gasteiger partial charge in [0.15, 0.2) is 22.7 Å². The Morgan fingerprint density at radius 3 is 2.63 bits per heavy atom. The van der Waals surface area contributed by atoms with Crippen LogP contribution in [0.25, 0.3) is 0 Å². The van der Waals surface area contributed by atoms with E-state index in [1.54, 1.807) is 0 Å². The molecule has 2 heterocycles. The predicted molar refractivity (Wildman–Crippen MR) is 143 cm³/mol. The molecule has 1 atom stereocenters. The van der Waals surface area contributed by atoms with Gasteiger partial charge in [0.1, 0.15) is 17.4 Å². The summed E-state index contributed by atoms with van der Waals surface area (Å²) < 4.78 is 8.97. The molecule has 0 fully saturated rings. The second-order valence-electron chi connectivity index (χ2n) is 8.21. The third kappa shape index (κ3) is 8.44. The molecule has 35 heavy (non-hydrogen) atoms. The van der Waals surface area contributed by atoms with Gasteiger partial charge in [0.05, 0.1) is 11.8 Å². The zero-order valence-corrected chi connectivity index (χ0v) is 23.3. The fourth-order valence-electron chi connectivity index (χ4n) is 3.47. The zero-order chi connectivity index (χ0) is 25.0. The minimum Gasteiger partial charge on any atom is -0.486 e. The summed E-state index contributed by atoms with van der Waals surface area (Å²) in [5.41, 5.74) is 0.819. The van der Waals surface area contributed by atoms with Gasteiger partial charge in [0, 0.05) is 22.1 Å². The number of aromatic nitrogens is 4. The van der Waals surface area contributed by atoms with E-state index in [-0.39, 0.29) is 18.1 Å². The van der Waals surface area contributed by atoms with Gasteiger partial charge >= 0.3 is 0 Å². The summed E-state index contributed by atoms with van der Waals surface area (Å²) in [5, 5.41) is 21.3. The number of carbonyl (C=O) groups is 1. The van der Waals surface area contributed by atoms with E-state index in [2.05, 4.69) is 44.1 Å². The molecule has 0 N–H and O–H groups in total. The number of unbranched alkanes of at least 4 members (excludes halogenated alkanes) is 5. The molecule has 1 aromatic carbocycles. The number of aryl methyl sites for hydroxylation is 1. The van der Waals surface area contributed by atoms with Gasteiger partial charge in [-0.1, -0.05) is 66.7 Å². The summed E-state index contributed by atoms with van der Waals surface area (Å²) in [5.74, 6) is 0.593. The van der Waals surface area contributed by atoms with E-state index in [4.69, 9.17) is 4.74 Å². The van der Waals surface area contributed by atoms with E-state index in [1.165, 1.54) is 48.8 Å². The number of rotatable bonds is 15. The molecule has 0 bridgehead atoms. The molecule has 0 aliphatic carbocycles. The minimum absolute atomic E-state index is 0.138. The Kier molecular flexibility index (Phi) is 11.2. The van der Waals surface area contributed by atoms with Gasteiger partial charge in [-0.25, -0.2) is 4.98 Å². The first kappa shape index (κ1) is 27.4. The molecule has 3 aromatic rings. The van der Waals surface area contributed by atoms with Gasteiger partial charge in [0.25, 0.3) is 0 Å². The Morgan fingerprint density at radius 2 is 1.94 bits per heavy atom. The van der Waals surface area contributed by atoms with Crippen molar-refractivity contribution in [2.75, 3.05) is 5.75 Å². The molecule has 0 aliphatic heterocycles. The molecule has 0 radical (unpaired) electrons. The van der Waals surface area contributed by atoms with E-state index in [9.17, 15) is 10.1 Å². The number of benzene rings is 1. The first-order chi connectivity index (χ1) is 17.0. The molecule has 0 saturated heterocycles. The van der Waals surface area contributed by atoms with Crippen molar-refractivity contribution in [2.45, 2.75) is 76.6 Å². The number of ether oxygens (including phenoxy) is 1. The Morgan fingerprint density at radius 1 is 1.20 bits per heavy atom. The number of ketones is 1. The van der Waals surface area contributed by atoms with Crippen LogP contribution < -0.4 is 4.74 Å². The maximum Gasteiger partial charge on any atom is 0.191 e. The van der Waals surface area contributed by atoms with Crippen molar-refractivity contribution in [1.29, 1.82) is 5.26 Å². The van der Waals surface area contributed by atoms with E-state index in [0.29, 0.717) is 10.2 Å². The molecule has 3 rings (SSSR count). The van der Waals surface area contributed by atoms with Crippen molar-refractivity contribution in [3.63, 3.8) is 0 Å². The number of hydrogen-bond acceptors (Lipinski definition) is 8. The number of nitriles is 1. The lowest BCUT2D eigenvalue weighted by molar-refractivity contribution is -0.116.